The van der Waals surface area contributed by atoms with Crippen molar-refractivity contribution in [3.8, 4) is 0 Å². The van der Waals surface area contributed by atoms with Crippen molar-refractivity contribution in [3.63, 3.8) is 0 Å². The molecule has 4 saturated carbocycles. The molecule has 4 rings (SSSR count). The molecule has 0 aliphatic heterocycles. The summed E-state index contributed by atoms with van der Waals surface area (Å²) in [4.78, 5) is 12.2. The Bertz CT molecular complexity index is 417. The Balaban J connectivity index is 1.29. The number of carbonyl (C=O) groups is 1. The Hall–Kier alpha value is -0.990. The second-order valence-corrected chi connectivity index (χ2v) is 7.21. The summed E-state index contributed by atoms with van der Waals surface area (Å²) < 4.78 is 0. The van der Waals surface area contributed by atoms with E-state index in [4.69, 9.17) is 0 Å². The van der Waals surface area contributed by atoms with Crippen LogP contribution in [0.1, 0.15) is 51.4 Å². The van der Waals surface area contributed by atoms with E-state index in [1.165, 1.54) is 50.5 Å². The average molecular weight is 260 g/mol. The normalized spacial score (nSPS) is 45.1. The molecule has 0 aromatic carbocycles. The zero-order chi connectivity index (χ0) is 12.8. The van der Waals surface area contributed by atoms with E-state index in [0.717, 1.165) is 24.2 Å². The number of amides is 1. The molecule has 0 saturated heterocycles. The molecule has 5 atom stereocenters. The minimum absolute atomic E-state index is 0.229. The third-order valence-electron chi connectivity index (χ3n) is 6.12. The molecule has 5 unspecified atom stereocenters. The topological polar surface area (TPSA) is 41.1 Å². The first-order chi connectivity index (χ1) is 9.29. The van der Waals surface area contributed by atoms with Gasteiger partial charge >= 0.3 is 0 Å². The summed E-state index contributed by atoms with van der Waals surface area (Å²) >= 11 is 0. The first kappa shape index (κ1) is 11.8. The maximum absolute atomic E-state index is 12.2. The molecule has 3 nitrogen and oxygen atoms in total. The van der Waals surface area contributed by atoms with Gasteiger partial charge in [-0.1, -0.05) is 6.42 Å². The van der Waals surface area contributed by atoms with Crippen LogP contribution in [0, 0.1) is 29.6 Å². The fourth-order valence-corrected chi connectivity index (χ4v) is 5.13. The number of carbonyl (C=O) groups excluding carboxylic acids is 1. The molecular weight excluding hydrogens is 236 g/mol. The Morgan fingerprint density at radius 3 is 2.58 bits per heavy atom. The van der Waals surface area contributed by atoms with Crippen LogP contribution in [0.3, 0.4) is 0 Å². The van der Waals surface area contributed by atoms with Crippen molar-refractivity contribution in [2.75, 3.05) is 0 Å². The van der Waals surface area contributed by atoms with E-state index in [0.29, 0.717) is 5.92 Å². The Labute approximate surface area is 115 Å². The summed E-state index contributed by atoms with van der Waals surface area (Å²) in [5.74, 6) is 3.75. The lowest BCUT2D eigenvalue weighted by Crippen LogP contribution is -2.40. The van der Waals surface area contributed by atoms with Crippen LogP contribution in [0.5, 0.6) is 0 Å². The summed E-state index contributed by atoms with van der Waals surface area (Å²) in [7, 11) is 0. The predicted molar refractivity (Wildman–Crippen MR) is 73.7 cm³/mol. The van der Waals surface area contributed by atoms with E-state index in [1.807, 2.05) is 0 Å². The molecule has 2 N–H and O–H groups in total. The molecule has 4 aliphatic carbocycles. The van der Waals surface area contributed by atoms with E-state index >= 15 is 0 Å². The quantitative estimate of drug-likeness (QED) is 0.766. The molecule has 0 heterocycles. The van der Waals surface area contributed by atoms with E-state index < -0.39 is 0 Å². The van der Waals surface area contributed by atoms with Gasteiger partial charge in [0.1, 0.15) is 0 Å². The van der Waals surface area contributed by atoms with Crippen molar-refractivity contribution in [2.24, 2.45) is 29.6 Å². The first-order valence-corrected chi connectivity index (χ1v) is 8.04. The van der Waals surface area contributed by atoms with Gasteiger partial charge in [-0.05, 0) is 74.2 Å². The van der Waals surface area contributed by atoms with Gasteiger partial charge in [0, 0.05) is 12.1 Å². The van der Waals surface area contributed by atoms with E-state index in [-0.39, 0.29) is 11.8 Å². The van der Waals surface area contributed by atoms with Crippen LogP contribution in [-0.2, 0) is 4.79 Å². The average Bonchev–Trinajstić information content (AvgIpc) is 3.18. The molecule has 3 heteroatoms. The SMILES string of the molecule is O=C(NNC=C1CC2CCC1C2)C1CC2CCC1C2. The fraction of sp³-hybridized carbons (Fsp3) is 0.812. The van der Waals surface area contributed by atoms with Crippen LogP contribution >= 0.6 is 0 Å². The molecule has 0 aromatic heterocycles. The maximum atomic E-state index is 12.2. The number of nitrogens with one attached hydrogen (secondary N) is 2. The lowest BCUT2D eigenvalue weighted by molar-refractivity contribution is -0.127. The van der Waals surface area contributed by atoms with Crippen LogP contribution in [0.15, 0.2) is 11.8 Å². The van der Waals surface area contributed by atoms with Crippen LogP contribution < -0.4 is 10.9 Å². The number of hydrogen-bond donors (Lipinski definition) is 2. The van der Waals surface area contributed by atoms with Crippen LogP contribution in [-0.4, -0.2) is 5.91 Å². The van der Waals surface area contributed by atoms with Gasteiger partial charge in [-0.2, -0.15) is 0 Å². The molecule has 1 amide bonds. The standard InChI is InChI=1S/C16H24N2O/c19-16(15-8-11-2-4-13(15)6-11)18-17-9-14-7-10-1-3-12(14)5-10/h9-13,15,17H,1-8H2,(H,18,19). The monoisotopic (exact) mass is 260 g/mol. The highest BCUT2D eigenvalue weighted by molar-refractivity contribution is 5.79. The number of hydrazine groups is 1. The molecule has 0 radical (unpaired) electrons. The van der Waals surface area contributed by atoms with Gasteiger partial charge in [0.25, 0.3) is 0 Å². The Morgan fingerprint density at radius 2 is 1.95 bits per heavy atom. The van der Waals surface area contributed by atoms with Crippen LogP contribution in [0.4, 0.5) is 0 Å². The lowest BCUT2D eigenvalue weighted by Gasteiger charge is -2.21. The third-order valence-corrected chi connectivity index (χ3v) is 6.12. The molecule has 4 aliphatic rings. The smallest absolute Gasteiger partial charge is 0.241 e. The van der Waals surface area contributed by atoms with Gasteiger partial charge in [-0.25, -0.2) is 0 Å². The predicted octanol–water partition coefficient (Wildman–Crippen LogP) is 2.75. The maximum Gasteiger partial charge on any atom is 0.241 e. The summed E-state index contributed by atoms with van der Waals surface area (Å²) in [6.45, 7) is 0. The Morgan fingerprint density at radius 1 is 1.05 bits per heavy atom. The van der Waals surface area contributed by atoms with Gasteiger partial charge in [0.05, 0.1) is 0 Å². The highest BCUT2D eigenvalue weighted by Crippen LogP contribution is 2.48. The molecule has 4 fully saturated rings. The van der Waals surface area contributed by atoms with Crippen LogP contribution in [0.2, 0.25) is 0 Å². The zero-order valence-corrected chi connectivity index (χ0v) is 11.5. The summed E-state index contributed by atoms with van der Waals surface area (Å²) in [5.41, 5.74) is 7.55. The molecular formula is C16H24N2O. The Kier molecular flexibility index (Phi) is 2.82. The van der Waals surface area contributed by atoms with E-state index in [1.54, 1.807) is 0 Å². The second kappa shape index (κ2) is 4.53. The first-order valence-electron chi connectivity index (χ1n) is 8.04. The van der Waals surface area contributed by atoms with Crippen molar-refractivity contribution in [3.05, 3.63) is 11.8 Å². The number of allylic oxidation sites excluding steroid dienone is 1. The third kappa shape index (κ3) is 2.07. The van der Waals surface area contributed by atoms with Crippen molar-refractivity contribution < 1.29 is 4.79 Å². The van der Waals surface area contributed by atoms with Gasteiger partial charge in [-0.15, -0.1) is 0 Å². The van der Waals surface area contributed by atoms with Crippen molar-refractivity contribution in [2.45, 2.75) is 51.4 Å². The van der Waals surface area contributed by atoms with Gasteiger partial charge in [0.15, 0.2) is 0 Å². The summed E-state index contributed by atoms with van der Waals surface area (Å²) in [6.07, 6.45) is 12.5. The van der Waals surface area contributed by atoms with Crippen molar-refractivity contribution >= 4 is 5.91 Å². The summed E-state index contributed by atoms with van der Waals surface area (Å²) in [5, 5.41) is 0. The fourth-order valence-electron chi connectivity index (χ4n) is 5.13. The zero-order valence-electron chi connectivity index (χ0n) is 11.5. The number of rotatable bonds is 3. The lowest BCUT2D eigenvalue weighted by atomic mass is 9.88. The van der Waals surface area contributed by atoms with Crippen molar-refractivity contribution in [1.82, 2.24) is 10.9 Å². The largest absolute Gasteiger partial charge is 0.306 e. The van der Waals surface area contributed by atoms with Crippen molar-refractivity contribution in [1.29, 1.82) is 0 Å². The van der Waals surface area contributed by atoms with Gasteiger partial charge in [-0.3, -0.25) is 10.2 Å². The molecule has 4 bridgehead atoms. The highest BCUT2D eigenvalue weighted by atomic mass is 16.2. The second-order valence-electron chi connectivity index (χ2n) is 7.21. The molecule has 19 heavy (non-hydrogen) atoms. The van der Waals surface area contributed by atoms with E-state index in [2.05, 4.69) is 17.1 Å². The molecule has 104 valence electrons. The highest BCUT2D eigenvalue weighted by Gasteiger charge is 2.43. The van der Waals surface area contributed by atoms with Crippen LogP contribution in [0.25, 0.3) is 0 Å². The minimum atomic E-state index is 0.229. The summed E-state index contributed by atoms with van der Waals surface area (Å²) in [6, 6.07) is 0. The number of hydrogen-bond acceptors (Lipinski definition) is 2. The molecule has 0 aromatic rings. The minimum Gasteiger partial charge on any atom is -0.306 e. The van der Waals surface area contributed by atoms with Gasteiger partial charge in [0.2, 0.25) is 5.91 Å². The number of fused-ring (bicyclic) bond motifs is 4. The van der Waals surface area contributed by atoms with Gasteiger partial charge < -0.3 is 5.43 Å². The van der Waals surface area contributed by atoms with E-state index in [9.17, 15) is 4.79 Å². The molecule has 0 spiro atoms.